The molecule has 0 aromatic heterocycles. The van der Waals surface area contributed by atoms with Gasteiger partial charge < -0.3 is 10.1 Å². The molecule has 104 valence electrons. The van der Waals surface area contributed by atoms with Gasteiger partial charge in [0.1, 0.15) is 5.82 Å². The largest absolute Gasteiger partial charge is 0.364 e. The minimum atomic E-state index is -0.183. The lowest BCUT2D eigenvalue weighted by Crippen LogP contribution is -2.52. The fourth-order valence-electron chi connectivity index (χ4n) is 3.59. The summed E-state index contributed by atoms with van der Waals surface area (Å²) in [6, 6.07) is 6.80. The topological polar surface area (TPSA) is 21.3 Å². The van der Waals surface area contributed by atoms with Crippen molar-refractivity contribution in [1.29, 1.82) is 0 Å². The molecule has 3 atom stereocenters. The SMILES string of the molecule is CC1CCCC2(CNCC(c3cccc(F)c3)O2)C1. The molecule has 1 N–H and O–H groups in total. The zero-order valence-electron chi connectivity index (χ0n) is 11.5. The molecule has 3 heteroatoms. The van der Waals surface area contributed by atoms with Crippen LogP contribution in [0.25, 0.3) is 0 Å². The maximum Gasteiger partial charge on any atom is 0.123 e. The summed E-state index contributed by atoms with van der Waals surface area (Å²) in [4.78, 5) is 0. The van der Waals surface area contributed by atoms with Gasteiger partial charge in [-0.05, 0) is 36.5 Å². The summed E-state index contributed by atoms with van der Waals surface area (Å²) in [5, 5.41) is 3.49. The van der Waals surface area contributed by atoms with Crippen molar-refractivity contribution in [3.63, 3.8) is 0 Å². The Balaban J connectivity index is 1.77. The first-order valence-electron chi connectivity index (χ1n) is 7.31. The Morgan fingerprint density at radius 1 is 1.42 bits per heavy atom. The van der Waals surface area contributed by atoms with Crippen molar-refractivity contribution in [2.75, 3.05) is 13.1 Å². The first-order valence-corrected chi connectivity index (χ1v) is 7.31. The number of benzene rings is 1. The Morgan fingerprint density at radius 2 is 2.32 bits per heavy atom. The van der Waals surface area contributed by atoms with Crippen molar-refractivity contribution in [1.82, 2.24) is 5.32 Å². The first-order chi connectivity index (χ1) is 9.17. The maximum absolute atomic E-state index is 13.3. The molecule has 1 aliphatic carbocycles. The lowest BCUT2D eigenvalue weighted by Gasteiger charge is -2.46. The van der Waals surface area contributed by atoms with E-state index >= 15 is 0 Å². The van der Waals surface area contributed by atoms with E-state index in [-0.39, 0.29) is 17.5 Å². The van der Waals surface area contributed by atoms with Crippen molar-refractivity contribution >= 4 is 0 Å². The van der Waals surface area contributed by atoms with E-state index in [0.29, 0.717) is 0 Å². The molecule has 1 saturated carbocycles. The van der Waals surface area contributed by atoms with Crippen LogP contribution >= 0.6 is 0 Å². The van der Waals surface area contributed by atoms with Gasteiger partial charge >= 0.3 is 0 Å². The maximum atomic E-state index is 13.3. The quantitative estimate of drug-likeness (QED) is 0.838. The third-order valence-corrected chi connectivity index (χ3v) is 4.44. The predicted octanol–water partition coefficient (Wildman–Crippen LogP) is 3.44. The van der Waals surface area contributed by atoms with Crippen LogP contribution in [0.2, 0.25) is 0 Å². The van der Waals surface area contributed by atoms with E-state index in [1.807, 2.05) is 6.07 Å². The van der Waals surface area contributed by atoms with E-state index in [0.717, 1.165) is 37.4 Å². The molecule has 1 saturated heterocycles. The summed E-state index contributed by atoms with van der Waals surface area (Å²) < 4.78 is 19.7. The van der Waals surface area contributed by atoms with Gasteiger partial charge in [0.05, 0.1) is 11.7 Å². The molecule has 3 unspecified atom stereocenters. The van der Waals surface area contributed by atoms with E-state index < -0.39 is 0 Å². The van der Waals surface area contributed by atoms with Gasteiger partial charge in [0.15, 0.2) is 0 Å². The molecule has 1 aromatic carbocycles. The number of hydrogen-bond acceptors (Lipinski definition) is 2. The summed E-state index contributed by atoms with van der Waals surface area (Å²) in [6.07, 6.45) is 4.76. The number of nitrogens with one attached hydrogen (secondary N) is 1. The Labute approximate surface area is 114 Å². The summed E-state index contributed by atoms with van der Waals surface area (Å²) in [7, 11) is 0. The molecule has 0 radical (unpaired) electrons. The molecular formula is C16H22FNO. The third kappa shape index (κ3) is 2.82. The second kappa shape index (κ2) is 5.22. The Morgan fingerprint density at radius 3 is 3.11 bits per heavy atom. The Kier molecular flexibility index (Phi) is 3.59. The van der Waals surface area contributed by atoms with Crippen molar-refractivity contribution < 1.29 is 9.13 Å². The average Bonchev–Trinajstić information content (AvgIpc) is 2.38. The number of ether oxygens (including phenoxy) is 1. The van der Waals surface area contributed by atoms with Gasteiger partial charge in [-0.25, -0.2) is 4.39 Å². The van der Waals surface area contributed by atoms with Crippen LogP contribution in [0.3, 0.4) is 0 Å². The summed E-state index contributed by atoms with van der Waals surface area (Å²) in [5.41, 5.74) is 0.914. The highest BCUT2D eigenvalue weighted by Gasteiger charge is 2.40. The van der Waals surface area contributed by atoms with Gasteiger partial charge in [-0.2, -0.15) is 0 Å². The van der Waals surface area contributed by atoms with Gasteiger partial charge in [0, 0.05) is 13.1 Å². The van der Waals surface area contributed by atoms with Crippen LogP contribution in [0.5, 0.6) is 0 Å². The molecule has 2 fully saturated rings. The van der Waals surface area contributed by atoms with E-state index in [4.69, 9.17) is 4.74 Å². The first kappa shape index (κ1) is 13.1. The van der Waals surface area contributed by atoms with E-state index in [1.165, 1.54) is 18.9 Å². The monoisotopic (exact) mass is 263 g/mol. The van der Waals surface area contributed by atoms with Crippen LogP contribution in [0.15, 0.2) is 24.3 Å². The third-order valence-electron chi connectivity index (χ3n) is 4.44. The van der Waals surface area contributed by atoms with Crippen LogP contribution in [0, 0.1) is 11.7 Å². The van der Waals surface area contributed by atoms with Crippen molar-refractivity contribution in [3.8, 4) is 0 Å². The highest BCUT2D eigenvalue weighted by atomic mass is 19.1. The van der Waals surface area contributed by atoms with Crippen molar-refractivity contribution in [2.45, 2.75) is 44.3 Å². The molecule has 2 aliphatic rings. The molecule has 1 heterocycles. The summed E-state index contributed by atoms with van der Waals surface area (Å²) >= 11 is 0. The smallest absolute Gasteiger partial charge is 0.123 e. The van der Waals surface area contributed by atoms with Gasteiger partial charge in [-0.3, -0.25) is 0 Å². The molecule has 1 aromatic rings. The molecule has 0 bridgehead atoms. The van der Waals surface area contributed by atoms with Gasteiger partial charge in [-0.1, -0.05) is 31.9 Å². The summed E-state index contributed by atoms with van der Waals surface area (Å²) in [5.74, 6) is 0.541. The molecular weight excluding hydrogens is 241 g/mol. The number of halogens is 1. The van der Waals surface area contributed by atoms with E-state index in [2.05, 4.69) is 12.2 Å². The van der Waals surface area contributed by atoms with Crippen molar-refractivity contribution in [2.24, 2.45) is 5.92 Å². The molecule has 0 amide bonds. The van der Waals surface area contributed by atoms with Crippen LogP contribution in [0.4, 0.5) is 4.39 Å². The highest BCUT2D eigenvalue weighted by Crippen LogP contribution is 2.40. The van der Waals surface area contributed by atoms with E-state index in [9.17, 15) is 4.39 Å². The zero-order chi connectivity index (χ0) is 13.3. The normalized spacial score (nSPS) is 35.5. The fraction of sp³-hybridized carbons (Fsp3) is 0.625. The molecule has 2 nitrogen and oxygen atoms in total. The number of morpholine rings is 1. The molecule has 1 spiro atoms. The van der Waals surface area contributed by atoms with Crippen LogP contribution in [-0.2, 0) is 4.74 Å². The Bertz CT molecular complexity index is 446. The minimum absolute atomic E-state index is 0.0188. The summed E-state index contributed by atoms with van der Waals surface area (Å²) in [6.45, 7) is 4.01. The molecule has 19 heavy (non-hydrogen) atoms. The number of hydrogen-bond donors (Lipinski definition) is 1. The second-order valence-corrected chi connectivity index (χ2v) is 6.18. The highest BCUT2D eigenvalue weighted by molar-refractivity contribution is 5.20. The van der Waals surface area contributed by atoms with Crippen molar-refractivity contribution in [3.05, 3.63) is 35.6 Å². The standard InChI is InChI=1S/C16H22FNO/c1-12-4-3-7-16(9-12)11-18-10-15(19-16)13-5-2-6-14(17)8-13/h2,5-6,8,12,15,18H,3-4,7,9-11H2,1H3. The van der Waals surface area contributed by atoms with E-state index in [1.54, 1.807) is 12.1 Å². The van der Waals surface area contributed by atoms with Gasteiger partial charge in [0.25, 0.3) is 0 Å². The molecule has 3 rings (SSSR count). The second-order valence-electron chi connectivity index (χ2n) is 6.18. The minimum Gasteiger partial charge on any atom is -0.364 e. The average molecular weight is 263 g/mol. The predicted molar refractivity (Wildman–Crippen MR) is 73.5 cm³/mol. The lowest BCUT2D eigenvalue weighted by molar-refractivity contribution is -0.143. The fourth-order valence-corrected chi connectivity index (χ4v) is 3.59. The van der Waals surface area contributed by atoms with Crippen LogP contribution < -0.4 is 5.32 Å². The lowest BCUT2D eigenvalue weighted by atomic mass is 9.77. The molecule has 1 aliphatic heterocycles. The van der Waals surface area contributed by atoms with Gasteiger partial charge in [-0.15, -0.1) is 0 Å². The van der Waals surface area contributed by atoms with Gasteiger partial charge in [0.2, 0.25) is 0 Å². The zero-order valence-corrected chi connectivity index (χ0v) is 11.5. The number of rotatable bonds is 1. The van der Waals surface area contributed by atoms with Crippen LogP contribution in [0.1, 0.15) is 44.3 Å². The Hall–Kier alpha value is -0.930. The van der Waals surface area contributed by atoms with Crippen LogP contribution in [-0.4, -0.2) is 18.7 Å².